The smallest absolute Gasteiger partial charge is 0.231 e. The lowest BCUT2D eigenvalue weighted by Crippen LogP contribution is -2.38. The normalized spacial score (nSPS) is 18.9. The molecule has 0 bridgehead atoms. The van der Waals surface area contributed by atoms with Crippen LogP contribution in [0.5, 0.6) is 0 Å². The van der Waals surface area contributed by atoms with E-state index in [4.69, 9.17) is 21.1 Å². The standard InChI is InChI=1S/C13H20ClN5O2/c1-20-7-6-19(10-2-3-10)13-16-11(14)15-12(17-13)18-4-8-21-9-5-18/h10H,2-9H2,1H3. The molecule has 1 aliphatic carbocycles. The van der Waals surface area contributed by atoms with Crippen LogP contribution in [-0.2, 0) is 9.47 Å². The van der Waals surface area contributed by atoms with Gasteiger partial charge in [-0.05, 0) is 24.4 Å². The lowest BCUT2D eigenvalue weighted by atomic mass is 10.4. The second kappa shape index (κ2) is 6.72. The van der Waals surface area contributed by atoms with Crippen LogP contribution in [-0.4, -0.2) is 67.6 Å². The van der Waals surface area contributed by atoms with Gasteiger partial charge in [-0.25, -0.2) is 0 Å². The van der Waals surface area contributed by atoms with Gasteiger partial charge >= 0.3 is 0 Å². The molecule has 0 unspecified atom stereocenters. The first kappa shape index (κ1) is 14.7. The average molecular weight is 314 g/mol. The van der Waals surface area contributed by atoms with Crippen molar-refractivity contribution in [3.05, 3.63) is 5.28 Å². The van der Waals surface area contributed by atoms with E-state index in [1.165, 1.54) is 12.8 Å². The van der Waals surface area contributed by atoms with E-state index in [1.54, 1.807) is 7.11 Å². The summed E-state index contributed by atoms with van der Waals surface area (Å²) in [6.45, 7) is 4.35. The maximum Gasteiger partial charge on any atom is 0.231 e. The van der Waals surface area contributed by atoms with Gasteiger partial charge < -0.3 is 19.3 Å². The van der Waals surface area contributed by atoms with E-state index < -0.39 is 0 Å². The van der Waals surface area contributed by atoms with Crippen LogP contribution in [0.4, 0.5) is 11.9 Å². The number of aromatic nitrogens is 3. The minimum Gasteiger partial charge on any atom is -0.383 e. The molecule has 3 rings (SSSR count). The van der Waals surface area contributed by atoms with E-state index in [0.29, 0.717) is 37.8 Å². The van der Waals surface area contributed by atoms with E-state index in [9.17, 15) is 0 Å². The van der Waals surface area contributed by atoms with E-state index in [2.05, 4.69) is 24.8 Å². The molecule has 0 amide bonds. The van der Waals surface area contributed by atoms with Gasteiger partial charge in [0.05, 0.1) is 19.8 Å². The Balaban J connectivity index is 1.81. The lowest BCUT2D eigenvalue weighted by Gasteiger charge is -2.28. The Morgan fingerprint density at radius 2 is 2.05 bits per heavy atom. The fourth-order valence-electron chi connectivity index (χ4n) is 2.38. The van der Waals surface area contributed by atoms with Gasteiger partial charge in [0, 0.05) is 32.8 Å². The number of ether oxygens (including phenoxy) is 2. The summed E-state index contributed by atoms with van der Waals surface area (Å²) in [5, 5.41) is 0.240. The summed E-state index contributed by atoms with van der Waals surface area (Å²) in [7, 11) is 1.70. The van der Waals surface area contributed by atoms with Crippen molar-refractivity contribution in [2.45, 2.75) is 18.9 Å². The van der Waals surface area contributed by atoms with Crippen LogP contribution < -0.4 is 9.80 Å². The molecule has 0 radical (unpaired) electrons. The Morgan fingerprint density at radius 3 is 2.71 bits per heavy atom. The highest BCUT2D eigenvalue weighted by Gasteiger charge is 2.31. The van der Waals surface area contributed by atoms with Gasteiger partial charge in [-0.15, -0.1) is 0 Å². The Morgan fingerprint density at radius 1 is 1.29 bits per heavy atom. The summed E-state index contributed by atoms with van der Waals surface area (Å²) in [6, 6.07) is 0.496. The highest BCUT2D eigenvalue weighted by Crippen LogP contribution is 2.30. The van der Waals surface area contributed by atoms with E-state index in [1.807, 2.05) is 0 Å². The summed E-state index contributed by atoms with van der Waals surface area (Å²) in [6.07, 6.45) is 2.33. The fraction of sp³-hybridized carbons (Fsp3) is 0.769. The molecule has 1 aromatic rings. The summed E-state index contributed by atoms with van der Waals surface area (Å²) in [5.74, 6) is 1.28. The number of methoxy groups -OCH3 is 1. The molecule has 21 heavy (non-hydrogen) atoms. The third-order valence-corrected chi connectivity index (χ3v) is 3.83. The zero-order chi connectivity index (χ0) is 14.7. The molecule has 1 aromatic heterocycles. The van der Waals surface area contributed by atoms with E-state index >= 15 is 0 Å². The van der Waals surface area contributed by atoms with Crippen LogP contribution in [0.25, 0.3) is 0 Å². The van der Waals surface area contributed by atoms with Crippen molar-refractivity contribution in [2.24, 2.45) is 0 Å². The predicted molar refractivity (Wildman–Crippen MR) is 80.1 cm³/mol. The fourth-order valence-corrected chi connectivity index (χ4v) is 2.54. The highest BCUT2D eigenvalue weighted by atomic mass is 35.5. The van der Waals surface area contributed by atoms with Gasteiger partial charge in [-0.3, -0.25) is 0 Å². The second-order valence-corrected chi connectivity index (χ2v) is 5.56. The molecule has 0 N–H and O–H groups in total. The summed E-state index contributed by atoms with van der Waals surface area (Å²) >= 11 is 6.09. The number of hydrogen-bond acceptors (Lipinski definition) is 7. The maximum atomic E-state index is 6.09. The molecule has 2 heterocycles. The molecule has 0 spiro atoms. The van der Waals surface area contributed by atoms with Crippen LogP contribution in [0, 0.1) is 0 Å². The zero-order valence-electron chi connectivity index (χ0n) is 12.2. The van der Waals surface area contributed by atoms with Crippen LogP contribution in [0.15, 0.2) is 0 Å². The maximum absolute atomic E-state index is 6.09. The molecule has 2 aliphatic rings. The van der Waals surface area contributed by atoms with Crippen LogP contribution >= 0.6 is 11.6 Å². The van der Waals surface area contributed by atoms with Crippen molar-refractivity contribution in [1.29, 1.82) is 0 Å². The Bertz CT molecular complexity index is 480. The molecule has 1 aliphatic heterocycles. The van der Waals surface area contributed by atoms with Crippen molar-refractivity contribution in [1.82, 2.24) is 15.0 Å². The molecule has 7 nitrogen and oxygen atoms in total. The highest BCUT2D eigenvalue weighted by molar-refractivity contribution is 6.28. The first-order chi connectivity index (χ1) is 10.3. The van der Waals surface area contributed by atoms with Crippen LogP contribution in [0.3, 0.4) is 0 Å². The Labute approximate surface area is 129 Å². The summed E-state index contributed by atoms with van der Waals surface area (Å²) in [4.78, 5) is 17.4. The number of anilines is 2. The van der Waals surface area contributed by atoms with Crippen molar-refractivity contribution in [2.75, 3.05) is 56.4 Å². The van der Waals surface area contributed by atoms with Crippen LogP contribution in [0.1, 0.15) is 12.8 Å². The van der Waals surface area contributed by atoms with Crippen molar-refractivity contribution >= 4 is 23.5 Å². The monoisotopic (exact) mass is 313 g/mol. The van der Waals surface area contributed by atoms with Gasteiger partial charge in [-0.1, -0.05) is 0 Å². The van der Waals surface area contributed by atoms with E-state index in [-0.39, 0.29) is 5.28 Å². The third kappa shape index (κ3) is 3.72. The summed E-state index contributed by atoms with van der Waals surface area (Å²) in [5.41, 5.74) is 0. The quantitative estimate of drug-likeness (QED) is 0.775. The zero-order valence-corrected chi connectivity index (χ0v) is 12.9. The molecule has 1 saturated heterocycles. The number of nitrogens with zero attached hydrogens (tertiary/aromatic N) is 5. The Kier molecular flexibility index (Phi) is 4.72. The molecular weight excluding hydrogens is 294 g/mol. The van der Waals surface area contributed by atoms with Gasteiger partial charge in [0.15, 0.2) is 0 Å². The number of morpholine rings is 1. The molecular formula is C13H20ClN5O2. The van der Waals surface area contributed by atoms with Gasteiger partial charge in [0.1, 0.15) is 0 Å². The average Bonchev–Trinajstić information content (AvgIpc) is 3.33. The largest absolute Gasteiger partial charge is 0.383 e. The van der Waals surface area contributed by atoms with Gasteiger partial charge in [0.25, 0.3) is 0 Å². The number of halogens is 1. The topological polar surface area (TPSA) is 63.6 Å². The number of rotatable bonds is 6. The third-order valence-electron chi connectivity index (χ3n) is 3.66. The molecule has 8 heteroatoms. The Hall–Kier alpha value is -1.18. The molecule has 0 aromatic carbocycles. The van der Waals surface area contributed by atoms with Gasteiger partial charge in [-0.2, -0.15) is 15.0 Å². The molecule has 1 saturated carbocycles. The van der Waals surface area contributed by atoms with Gasteiger partial charge in [0.2, 0.25) is 17.2 Å². The molecule has 116 valence electrons. The minimum atomic E-state index is 0.240. The van der Waals surface area contributed by atoms with Crippen molar-refractivity contribution in [3.8, 4) is 0 Å². The molecule has 0 atom stereocenters. The lowest BCUT2D eigenvalue weighted by molar-refractivity contribution is 0.122. The second-order valence-electron chi connectivity index (χ2n) is 5.22. The predicted octanol–water partition coefficient (Wildman–Crippen LogP) is 0.977. The molecule has 2 fully saturated rings. The first-order valence-electron chi connectivity index (χ1n) is 7.28. The van der Waals surface area contributed by atoms with Crippen molar-refractivity contribution < 1.29 is 9.47 Å². The SMILES string of the molecule is COCCN(c1nc(Cl)nc(N2CCOCC2)n1)C1CC1. The minimum absolute atomic E-state index is 0.240. The van der Waals surface area contributed by atoms with Crippen molar-refractivity contribution in [3.63, 3.8) is 0 Å². The van der Waals surface area contributed by atoms with E-state index in [0.717, 1.165) is 19.6 Å². The first-order valence-corrected chi connectivity index (χ1v) is 7.65. The number of hydrogen-bond donors (Lipinski definition) is 0. The van der Waals surface area contributed by atoms with Crippen LogP contribution in [0.2, 0.25) is 5.28 Å². The summed E-state index contributed by atoms with van der Waals surface area (Å²) < 4.78 is 10.5.